The molecular formula is C26H32N6O5S. The lowest BCUT2D eigenvalue weighted by atomic mass is 10.0. The number of nitrogens with one attached hydrogen (secondary N) is 1. The van der Waals surface area contributed by atoms with Crippen molar-refractivity contribution in [3.8, 4) is 11.5 Å². The van der Waals surface area contributed by atoms with Crippen LogP contribution in [0.2, 0.25) is 0 Å². The smallest absolute Gasteiger partial charge is 0.253 e. The number of thiophene rings is 1. The minimum absolute atomic E-state index is 0.0599. The Morgan fingerprint density at radius 1 is 1.24 bits per heavy atom. The van der Waals surface area contributed by atoms with Crippen molar-refractivity contribution >= 4 is 22.2 Å². The predicted octanol–water partition coefficient (Wildman–Crippen LogP) is 3.01. The Labute approximate surface area is 224 Å². The number of ether oxygens (including phenoxy) is 4. The number of benzene rings is 1. The molecule has 1 aromatic carbocycles. The van der Waals surface area contributed by atoms with Crippen LogP contribution < -0.4 is 15.0 Å². The molecule has 0 spiro atoms. The van der Waals surface area contributed by atoms with Gasteiger partial charge in [-0.15, -0.1) is 16.4 Å². The summed E-state index contributed by atoms with van der Waals surface area (Å²) < 4.78 is 24.0. The van der Waals surface area contributed by atoms with Crippen molar-refractivity contribution < 1.29 is 18.9 Å². The maximum Gasteiger partial charge on any atom is 0.253 e. The number of H-pyrrole nitrogens is 1. The highest BCUT2D eigenvalue weighted by Crippen LogP contribution is 2.34. The van der Waals surface area contributed by atoms with E-state index in [0.29, 0.717) is 54.6 Å². The summed E-state index contributed by atoms with van der Waals surface area (Å²) in [5.74, 6) is 1.69. The molecule has 1 saturated heterocycles. The number of tetrazole rings is 1. The van der Waals surface area contributed by atoms with Crippen molar-refractivity contribution in [3.05, 3.63) is 62.3 Å². The van der Waals surface area contributed by atoms with Gasteiger partial charge in [0.2, 0.25) is 0 Å². The van der Waals surface area contributed by atoms with Crippen LogP contribution in [0.3, 0.4) is 0 Å². The highest BCUT2D eigenvalue weighted by atomic mass is 32.1. The summed E-state index contributed by atoms with van der Waals surface area (Å²) >= 11 is 1.68. The van der Waals surface area contributed by atoms with Gasteiger partial charge in [-0.2, -0.15) is 0 Å². The molecule has 1 fully saturated rings. The van der Waals surface area contributed by atoms with Gasteiger partial charge in [0.15, 0.2) is 17.3 Å². The lowest BCUT2D eigenvalue weighted by Crippen LogP contribution is -2.39. The Kier molecular flexibility index (Phi) is 8.32. The van der Waals surface area contributed by atoms with E-state index >= 15 is 0 Å². The monoisotopic (exact) mass is 540 g/mol. The maximum atomic E-state index is 13.7. The van der Waals surface area contributed by atoms with E-state index in [-0.39, 0.29) is 11.7 Å². The van der Waals surface area contributed by atoms with Crippen molar-refractivity contribution in [3.63, 3.8) is 0 Å². The zero-order valence-corrected chi connectivity index (χ0v) is 22.6. The predicted molar refractivity (Wildman–Crippen MR) is 143 cm³/mol. The highest BCUT2D eigenvalue weighted by Gasteiger charge is 2.33. The van der Waals surface area contributed by atoms with Crippen LogP contribution in [-0.4, -0.2) is 77.3 Å². The van der Waals surface area contributed by atoms with Crippen LogP contribution in [0.25, 0.3) is 10.9 Å². The summed E-state index contributed by atoms with van der Waals surface area (Å²) in [5, 5.41) is 15.5. The van der Waals surface area contributed by atoms with Crippen LogP contribution in [0.4, 0.5) is 0 Å². The molecule has 4 heterocycles. The molecule has 2 atom stereocenters. The number of rotatable bonds is 12. The van der Waals surface area contributed by atoms with Gasteiger partial charge in [-0.25, -0.2) is 4.68 Å². The summed E-state index contributed by atoms with van der Waals surface area (Å²) in [7, 11) is 4.80. The first-order valence-corrected chi connectivity index (χ1v) is 13.4. The van der Waals surface area contributed by atoms with Crippen LogP contribution in [0.15, 0.2) is 40.5 Å². The molecule has 0 bridgehead atoms. The lowest BCUT2D eigenvalue weighted by Gasteiger charge is -2.32. The van der Waals surface area contributed by atoms with E-state index in [4.69, 9.17) is 18.9 Å². The average Bonchev–Trinajstić information content (AvgIpc) is 3.71. The minimum atomic E-state index is -0.533. The Hall–Kier alpha value is -3.32. The molecule has 0 radical (unpaired) electrons. The Bertz CT molecular complexity index is 1400. The number of hydrogen-bond acceptors (Lipinski definition) is 10. The van der Waals surface area contributed by atoms with Crippen LogP contribution in [0, 0.1) is 0 Å². The highest BCUT2D eigenvalue weighted by molar-refractivity contribution is 7.09. The molecule has 12 heteroatoms. The molecule has 0 amide bonds. The molecule has 1 N–H and O–H groups in total. The van der Waals surface area contributed by atoms with E-state index in [0.717, 1.165) is 24.8 Å². The Balaban J connectivity index is 1.66. The standard InChI is InChI=1S/C26H32N6O5S/c1-34-10-8-32-25(28-29-30-32)24(31(15-18-6-4-9-37-18)16-19-7-5-11-38-19)20-12-17-13-22(35-2)23(36-3)14-21(17)27-26(20)33/h5,7,11-14,18,24H,4,6,8-10,15-16H2,1-3H3,(H,27,33)/t18-,24-/m0/s1. The third-order valence-electron chi connectivity index (χ3n) is 6.75. The molecule has 11 nitrogen and oxygen atoms in total. The van der Waals surface area contributed by atoms with E-state index < -0.39 is 6.04 Å². The van der Waals surface area contributed by atoms with Crippen LogP contribution in [0.5, 0.6) is 11.5 Å². The topological polar surface area (TPSA) is 117 Å². The van der Waals surface area contributed by atoms with Gasteiger partial charge >= 0.3 is 0 Å². The molecule has 0 saturated carbocycles. The second-order valence-corrected chi connectivity index (χ2v) is 10.2. The SMILES string of the molecule is COCCn1nnnc1[C@H](c1cc2cc(OC)c(OC)cc2[nH]c1=O)N(Cc1cccs1)C[C@@H]1CCCO1. The van der Waals surface area contributed by atoms with Gasteiger partial charge in [-0.3, -0.25) is 9.69 Å². The number of aromatic nitrogens is 5. The maximum absolute atomic E-state index is 13.7. The van der Waals surface area contributed by atoms with Gasteiger partial charge in [0.25, 0.3) is 5.56 Å². The quantitative estimate of drug-likeness (QED) is 0.289. The summed E-state index contributed by atoms with van der Waals surface area (Å²) in [6, 6.07) is 9.13. The number of pyridine rings is 1. The van der Waals surface area contributed by atoms with E-state index in [1.54, 1.807) is 43.4 Å². The average molecular weight is 541 g/mol. The van der Waals surface area contributed by atoms with Gasteiger partial charge in [-0.1, -0.05) is 6.07 Å². The molecule has 1 aliphatic heterocycles. The molecule has 38 heavy (non-hydrogen) atoms. The first kappa shape index (κ1) is 26.3. The fourth-order valence-electron chi connectivity index (χ4n) is 4.91. The van der Waals surface area contributed by atoms with E-state index in [9.17, 15) is 4.79 Å². The van der Waals surface area contributed by atoms with E-state index in [1.165, 1.54) is 4.88 Å². The molecule has 0 unspecified atom stereocenters. The molecule has 5 rings (SSSR count). The fourth-order valence-corrected chi connectivity index (χ4v) is 5.64. The summed E-state index contributed by atoms with van der Waals surface area (Å²) in [4.78, 5) is 20.2. The van der Waals surface area contributed by atoms with Crippen molar-refractivity contribution in [2.75, 3.05) is 41.1 Å². The molecular weight excluding hydrogens is 508 g/mol. The van der Waals surface area contributed by atoms with Crippen LogP contribution in [0.1, 0.15) is 35.1 Å². The number of hydrogen-bond donors (Lipinski definition) is 1. The van der Waals surface area contributed by atoms with Crippen LogP contribution in [-0.2, 0) is 22.6 Å². The number of fused-ring (bicyclic) bond motifs is 1. The van der Waals surface area contributed by atoms with Crippen molar-refractivity contribution in [1.29, 1.82) is 0 Å². The Morgan fingerprint density at radius 2 is 2.08 bits per heavy atom. The third kappa shape index (κ3) is 5.58. The summed E-state index contributed by atoms with van der Waals surface area (Å²) in [5.41, 5.74) is 0.963. The number of methoxy groups -OCH3 is 3. The summed E-state index contributed by atoms with van der Waals surface area (Å²) in [6.07, 6.45) is 2.05. The fraction of sp³-hybridized carbons (Fsp3) is 0.462. The molecule has 3 aromatic heterocycles. The van der Waals surface area contributed by atoms with E-state index in [1.807, 2.05) is 18.2 Å². The first-order valence-electron chi connectivity index (χ1n) is 12.5. The lowest BCUT2D eigenvalue weighted by molar-refractivity contribution is 0.0573. The van der Waals surface area contributed by atoms with E-state index in [2.05, 4.69) is 36.9 Å². The second-order valence-electron chi connectivity index (χ2n) is 9.15. The van der Waals surface area contributed by atoms with Crippen molar-refractivity contribution in [1.82, 2.24) is 30.1 Å². The van der Waals surface area contributed by atoms with Crippen molar-refractivity contribution in [2.45, 2.75) is 38.1 Å². The normalized spacial score (nSPS) is 16.4. The van der Waals surface area contributed by atoms with Gasteiger partial charge in [0.05, 0.1) is 39.0 Å². The third-order valence-corrected chi connectivity index (χ3v) is 7.61. The molecule has 4 aromatic rings. The molecule has 0 aliphatic carbocycles. The van der Waals surface area contributed by atoms with Gasteiger partial charge in [0, 0.05) is 48.7 Å². The largest absolute Gasteiger partial charge is 0.493 e. The van der Waals surface area contributed by atoms with Gasteiger partial charge in [0.1, 0.15) is 6.04 Å². The number of nitrogens with zero attached hydrogens (tertiary/aromatic N) is 5. The molecule has 202 valence electrons. The number of aromatic amines is 1. The summed E-state index contributed by atoms with van der Waals surface area (Å²) in [6.45, 7) is 2.88. The zero-order valence-electron chi connectivity index (χ0n) is 21.8. The second kappa shape index (κ2) is 12.0. The minimum Gasteiger partial charge on any atom is -0.493 e. The van der Waals surface area contributed by atoms with Crippen molar-refractivity contribution in [2.24, 2.45) is 0 Å². The zero-order chi connectivity index (χ0) is 26.5. The van der Waals surface area contributed by atoms with Gasteiger partial charge in [-0.05, 0) is 46.8 Å². The van der Waals surface area contributed by atoms with Crippen LogP contribution >= 0.6 is 11.3 Å². The Morgan fingerprint density at radius 3 is 2.79 bits per heavy atom. The molecule has 1 aliphatic rings. The van der Waals surface area contributed by atoms with Gasteiger partial charge < -0.3 is 23.9 Å². The first-order chi connectivity index (χ1) is 18.6.